The molecule has 1 rings (SSSR count). The summed E-state index contributed by atoms with van der Waals surface area (Å²) >= 11 is 3.28. The Labute approximate surface area is 119 Å². The van der Waals surface area contributed by atoms with E-state index in [2.05, 4.69) is 26.6 Å². The van der Waals surface area contributed by atoms with E-state index in [1.165, 1.54) is 7.11 Å². The standard InChI is InChI=1S/C12H15BrN2O4/c1-19-6-5-10(11(16)17)15-12(18)14-9-4-2-3-8(13)7-9/h2-4,7,10H,5-6H2,1H3,(H,16,17)(H2,14,15,18). The molecule has 19 heavy (non-hydrogen) atoms. The molecule has 1 aromatic rings. The number of anilines is 1. The van der Waals surface area contributed by atoms with Gasteiger partial charge in [-0.05, 0) is 18.2 Å². The summed E-state index contributed by atoms with van der Waals surface area (Å²) in [4.78, 5) is 22.6. The molecular weight excluding hydrogens is 316 g/mol. The Kier molecular flexibility index (Phi) is 6.31. The first kappa shape index (κ1) is 15.5. The van der Waals surface area contributed by atoms with Crippen molar-refractivity contribution in [3.63, 3.8) is 0 Å². The van der Waals surface area contributed by atoms with E-state index in [0.717, 1.165) is 4.47 Å². The maximum atomic E-state index is 11.7. The third-order valence-corrected chi connectivity index (χ3v) is 2.79. The Morgan fingerprint density at radius 1 is 1.47 bits per heavy atom. The van der Waals surface area contributed by atoms with Gasteiger partial charge in [0, 0.05) is 30.3 Å². The van der Waals surface area contributed by atoms with Crippen LogP contribution in [0, 0.1) is 0 Å². The van der Waals surface area contributed by atoms with E-state index >= 15 is 0 Å². The van der Waals surface area contributed by atoms with E-state index in [0.29, 0.717) is 5.69 Å². The van der Waals surface area contributed by atoms with Crippen molar-refractivity contribution in [2.75, 3.05) is 19.0 Å². The van der Waals surface area contributed by atoms with Crippen molar-refractivity contribution >= 4 is 33.6 Å². The van der Waals surface area contributed by atoms with E-state index in [-0.39, 0.29) is 13.0 Å². The van der Waals surface area contributed by atoms with E-state index < -0.39 is 18.0 Å². The third kappa shape index (κ3) is 5.71. The van der Waals surface area contributed by atoms with Crippen molar-refractivity contribution in [1.82, 2.24) is 5.32 Å². The first-order valence-electron chi connectivity index (χ1n) is 5.57. The molecule has 2 amide bonds. The fourth-order valence-corrected chi connectivity index (χ4v) is 1.78. The van der Waals surface area contributed by atoms with Crippen molar-refractivity contribution in [2.24, 2.45) is 0 Å². The van der Waals surface area contributed by atoms with Gasteiger partial charge in [-0.3, -0.25) is 0 Å². The summed E-state index contributed by atoms with van der Waals surface area (Å²) in [5.74, 6) is -1.10. The summed E-state index contributed by atoms with van der Waals surface area (Å²) in [5.41, 5.74) is 0.572. The smallest absolute Gasteiger partial charge is 0.326 e. The number of methoxy groups -OCH3 is 1. The summed E-state index contributed by atoms with van der Waals surface area (Å²) in [6, 6.07) is 5.45. The lowest BCUT2D eigenvalue weighted by molar-refractivity contribution is -0.139. The second-order valence-electron chi connectivity index (χ2n) is 3.78. The first-order valence-corrected chi connectivity index (χ1v) is 6.37. The van der Waals surface area contributed by atoms with Crippen LogP contribution in [0.25, 0.3) is 0 Å². The van der Waals surface area contributed by atoms with Crippen LogP contribution >= 0.6 is 15.9 Å². The average Bonchev–Trinajstić information content (AvgIpc) is 2.34. The van der Waals surface area contributed by atoms with Crippen LogP contribution in [0.5, 0.6) is 0 Å². The van der Waals surface area contributed by atoms with E-state index in [4.69, 9.17) is 9.84 Å². The van der Waals surface area contributed by atoms with Crippen LogP contribution in [-0.2, 0) is 9.53 Å². The maximum Gasteiger partial charge on any atom is 0.326 e. The minimum Gasteiger partial charge on any atom is -0.480 e. The molecule has 0 heterocycles. The van der Waals surface area contributed by atoms with Gasteiger partial charge < -0.3 is 20.5 Å². The summed E-state index contributed by atoms with van der Waals surface area (Å²) in [6.07, 6.45) is 0.206. The minimum atomic E-state index is -1.10. The Balaban J connectivity index is 2.55. The second kappa shape index (κ2) is 7.75. The molecule has 0 radical (unpaired) electrons. The highest BCUT2D eigenvalue weighted by molar-refractivity contribution is 9.10. The number of carboxylic acids is 1. The Morgan fingerprint density at radius 2 is 2.21 bits per heavy atom. The molecule has 1 atom stereocenters. The number of amides is 2. The zero-order valence-corrected chi connectivity index (χ0v) is 11.9. The highest BCUT2D eigenvalue weighted by atomic mass is 79.9. The summed E-state index contributed by atoms with van der Waals surface area (Å²) < 4.78 is 5.62. The largest absolute Gasteiger partial charge is 0.480 e. The van der Waals surface area contributed by atoms with Gasteiger partial charge in [0.25, 0.3) is 0 Å². The van der Waals surface area contributed by atoms with Gasteiger partial charge in [-0.2, -0.15) is 0 Å². The number of halogens is 1. The first-order chi connectivity index (χ1) is 9.02. The van der Waals surface area contributed by atoms with Gasteiger partial charge in [-0.1, -0.05) is 22.0 Å². The second-order valence-corrected chi connectivity index (χ2v) is 4.70. The highest BCUT2D eigenvalue weighted by Gasteiger charge is 2.19. The van der Waals surface area contributed by atoms with Gasteiger partial charge in [0.15, 0.2) is 0 Å². The molecule has 0 aliphatic heterocycles. The Bertz CT molecular complexity index is 453. The normalized spacial score (nSPS) is 11.7. The van der Waals surface area contributed by atoms with Gasteiger partial charge in [-0.25, -0.2) is 9.59 Å². The molecule has 0 saturated carbocycles. The van der Waals surface area contributed by atoms with Crippen molar-refractivity contribution in [1.29, 1.82) is 0 Å². The molecule has 3 N–H and O–H groups in total. The molecule has 1 unspecified atom stereocenters. The zero-order valence-electron chi connectivity index (χ0n) is 10.4. The lowest BCUT2D eigenvalue weighted by Crippen LogP contribution is -2.43. The quantitative estimate of drug-likeness (QED) is 0.745. The molecule has 1 aromatic carbocycles. The minimum absolute atomic E-state index is 0.206. The topological polar surface area (TPSA) is 87.7 Å². The molecule has 6 nitrogen and oxygen atoms in total. The molecule has 0 aliphatic rings. The van der Waals surface area contributed by atoms with Crippen molar-refractivity contribution in [2.45, 2.75) is 12.5 Å². The third-order valence-electron chi connectivity index (χ3n) is 2.30. The summed E-state index contributed by atoms with van der Waals surface area (Å²) in [6.45, 7) is 0.258. The van der Waals surface area contributed by atoms with Crippen LogP contribution in [0.2, 0.25) is 0 Å². The number of carboxylic acid groups (broad SMARTS) is 1. The summed E-state index contributed by atoms with van der Waals surface area (Å²) in [5, 5.41) is 13.9. The monoisotopic (exact) mass is 330 g/mol. The molecule has 0 aromatic heterocycles. The van der Waals surface area contributed by atoms with Crippen molar-refractivity contribution < 1.29 is 19.4 Å². The fourth-order valence-electron chi connectivity index (χ4n) is 1.38. The van der Waals surface area contributed by atoms with Crippen LogP contribution in [0.15, 0.2) is 28.7 Å². The van der Waals surface area contributed by atoms with Crippen LogP contribution in [0.4, 0.5) is 10.5 Å². The number of urea groups is 1. The van der Waals surface area contributed by atoms with Crippen LogP contribution < -0.4 is 10.6 Å². The van der Waals surface area contributed by atoms with Gasteiger partial charge >= 0.3 is 12.0 Å². The summed E-state index contributed by atoms with van der Waals surface area (Å²) in [7, 11) is 1.47. The van der Waals surface area contributed by atoms with Crippen LogP contribution in [-0.4, -0.2) is 36.9 Å². The van der Waals surface area contributed by atoms with E-state index in [9.17, 15) is 9.59 Å². The maximum absolute atomic E-state index is 11.7. The van der Waals surface area contributed by atoms with E-state index in [1.54, 1.807) is 18.2 Å². The molecule has 0 aliphatic carbocycles. The Morgan fingerprint density at radius 3 is 2.79 bits per heavy atom. The van der Waals surface area contributed by atoms with E-state index in [1.807, 2.05) is 6.07 Å². The molecule has 7 heteroatoms. The van der Waals surface area contributed by atoms with Crippen molar-refractivity contribution in [3.8, 4) is 0 Å². The van der Waals surface area contributed by atoms with Gasteiger partial charge in [0.05, 0.1) is 0 Å². The van der Waals surface area contributed by atoms with Gasteiger partial charge in [0.2, 0.25) is 0 Å². The number of hydrogen-bond donors (Lipinski definition) is 3. The van der Waals surface area contributed by atoms with Gasteiger partial charge in [0.1, 0.15) is 6.04 Å². The number of carbonyl (C=O) groups excluding carboxylic acids is 1. The average molecular weight is 331 g/mol. The predicted octanol–water partition coefficient (Wildman–Crippen LogP) is 2.06. The molecule has 104 valence electrons. The molecule has 0 fully saturated rings. The van der Waals surface area contributed by atoms with Gasteiger partial charge in [-0.15, -0.1) is 0 Å². The Hall–Kier alpha value is -1.60. The number of aliphatic carboxylic acids is 1. The number of rotatable bonds is 6. The number of nitrogens with one attached hydrogen (secondary N) is 2. The molecule has 0 spiro atoms. The number of ether oxygens (including phenoxy) is 1. The number of carbonyl (C=O) groups is 2. The van der Waals surface area contributed by atoms with Crippen molar-refractivity contribution in [3.05, 3.63) is 28.7 Å². The highest BCUT2D eigenvalue weighted by Crippen LogP contribution is 2.15. The molecule has 0 saturated heterocycles. The SMILES string of the molecule is COCCC(NC(=O)Nc1cccc(Br)c1)C(=O)O. The van der Waals surface area contributed by atoms with Crippen LogP contribution in [0.3, 0.4) is 0 Å². The number of hydrogen-bond acceptors (Lipinski definition) is 3. The zero-order chi connectivity index (χ0) is 14.3. The molecular formula is C12H15BrN2O4. The lowest BCUT2D eigenvalue weighted by atomic mass is 10.2. The van der Waals surface area contributed by atoms with Crippen LogP contribution in [0.1, 0.15) is 6.42 Å². The molecule has 0 bridgehead atoms. The number of benzene rings is 1. The predicted molar refractivity (Wildman–Crippen MR) is 74.2 cm³/mol. The lowest BCUT2D eigenvalue weighted by Gasteiger charge is -2.14. The fraction of sp³-hybridized carbons (Fsp3) is 0.333.